The minimum atomic E-state index is -0.371. The highest BCUT2D eigenvalue weighted by atomic mass is 16.5. The van der Waals surface area contributed by atoms with E-state index >= 15 is 0 Å². The molecule has 1 aliphatic rings. The van der Waals surface area contributed by atoms with Crippen LogP contribution < -0.4 is 15.0 Å². The Balaban J connectivity index is 1.39. The zero-order valence-corrected chi connectivity index (χ0v) is 16.2. The van der Waals surface area contributed by atoms with Crippen LogP contribution in [0.2, 0.25) is 0 Å². The third-order valence-electron chi connectivity index (χ3n) is 4.94. The summed E-state index contributed by atoms with van der Waals surface area (Å²) in [6, 6.07) is 24.5. The molecule has 1 aliphatic heterocycles. The van der Waals surface area contributed by atoms with Gasteiger partial charge in [-0.1, -0.05) is 35.9 Å². The lowest BCUT2D eigenvalue weighted by molar-refractivity contribution is -0.122. The molecule has 29 heavy (non-hydrogen) atoms. The number of amides is 2. The fraction of sp³-hybridized carbons (Fsp3) is 0.167. The van der Waals surface area contributed by atoms with Crippen LogP contribution in [0.15, 0.2) is 78.9 Å². The quantitative estimate of drug-likeness (QED) is 0.687. The minimum Gasteiger partial charge on any atom is -0.457 e. The van der Waals surface area contributed by atoms with Crippen LogP contribution in [-0.2, 0) is 9.59 Å². The number of ether oxygens (including phenoxy) is 1. The van der Waals surface area contributed by atoms with Crippen LogP contribution in [0.1, 0.15) is 12.0 Å². The number of hydrogen-bond acceptors (Lipinski definition) is 3. The standard InChI is InChI=1S/C24H22N2O3/c1-17-7-9-19(10-8-17)25-24(28)18-15-23(27)26(16-18)20-11-13-22(14-12-20)29-21-5-3-2-4-6-21/h2-14,18H,15-16H2,1H3,(H,25,28). The average Bonchev–Trinajstić information content (AvgIpc) is 3.13. The fourth-order valence-corrected chi connectivity index (χ4v) is 3.33. The number of carbonyl (C=O) groups excluding carboxylic acids is 2. The minimum absolute atomic E-state index is 0.0502. The normalized spacial score (nSPS) is 16.0. The van der Waals surface area contributed by atoms with E-state index in [-0.39, 0.29) is 24.2 Å². The van der Waals surface area contributed by atoms with E-state index in [1.807, 2.05) is 85.8 Å². The number of aryl methyl sites for hydroxylation is 1. The molecule has 146 valence electrons. The van der Waals surface area contributed by atoms with Crippen LogP contribution in [0.3, 0.4) is 0 Å². The maximum atomic E-state index is 12.6. The second-order valence-corrected chi connectivity index (χ2v) is 7.17. The van der Waals surface area contributed by atoms with Crippen LogP contribution in [0.25, 0.3) is 0 Å². The molecule has 0 bridgehead atoms. The van der Waals surface area contributed by atoms with Crippen molar-refractivity contribution in [1.82, 2.24) is 0 Å². The molecule has 3 aromatic rings. The topological polar surface area (TPSA) is 58.6 Å². The monoisotopic (exact) mass is 386 g/mol. The van der Waals surface area contributed by atoms with Crippen molar-refractivity contribution in [3.63, 3.8) is 0 Å². The third kappa shape index (κ3) is 4.46. The van der Waals surface area contributed by atoms with Crippen LogP contribution in [-0.4, -0.2) is 18.4 Å². The van der Waals surface area contributed by atoms with Crippen molar-refractivity contribution in [2.75, 3.05) is 16.8 Å². The number of benzene rings is 3. The van der Waals surface area contributed by atoms with E-state index in [1.165, 1.54) is 0 Å². The van der Waals surface area contributed by atoms with Gasteiger partial charge < -0.3 is 15.0 Å². The molecule has 5 heteroatoms. The molecule has 1 unspecified atom stereocenters. The summed E-state index contributed by atoms with van der Waals surface area (Å²) in [7, 11) is 0. The lowest BCUT2D eigenvalue weighted by Gasteiger charge is -2.17. The van der Waals surface area contributed by atoms with Crippen molar-refractivity contribution in [2.45, 2.75) is 13.3 Å². The number of carbonyl (C=O) groups is 2. The highest BCUT2D eigenvalue weighted by Gasteiger charge is 2.35. The summed E-state index contributed by atoms with van der Waals surface area (Å²) in [5, 5.41) is 2.90. The first-order chi connectivity index (χ1) is 14.1. The molecule has 5 nitrogen and oxygen atoms in total. The van der Waals surface area contributed by atoms with Gasteiger partial charge in [-0.3, -0.25) is 9.59 Å². The zero-order chi connectivity index (χ0) is 20.2. The predicted molar refractivity (Wildman–Crippen MR) is 113 cm³/mol. The van der Waals surface area contributed by atoms with Gasteiger partial charge in [0.15, 0.2) is 0 Å². The molecule has 1 atom stereocenters. The fourth-order valence-electron chi connectivity index (χ4n) is 3.33. The van der Waals surface area contributed by atoms with Gasteiger partial charge in [0.05, 0.1) is 5.92 Å². The van der Waals surface area contributed by atoms with E-state index in [0.29, 0.717) is 12.3 Å². The molecular weight excluding hydrogens is 364 g/mol. The SMILES string of the molecule is Cc1ccc(NC(=O)C2CC(=O)N(c3ccc(Oc4ccccc4)cc3)C2)cc1. The van der Waals surface area contributed by atoms with Crippen molar-refractivity contribution in [3.05, 3.63) is 84.4 Å². The first-order valence-electron chi connectivity index (χ1n) is 9.59. The number of nitrogens with one attached hydrogen (secondary N) is 1. The van der Waals surface area contributed by atoms with Crippen molar-refractivity contribution < 1.29 is 14.3 Å². The van der Waals surface area contributed by atoms with Gasteiger partial charge >= 0.3 is 0 Å². The summed E-state index contributed by atoms with van der Waals surface area (Å²) in [5.74, 6) is 0.897. The molecule has 3 aromatic carbocycles. The molecule has 0 aromatic heterocycles. The molecule has 0 spiro atoms. The molecule has 1 fully saturated rings. The zero-order valence-electron chi connectivity index (χ0n) is 16.2. The Morgan fingerprint density at radius 2 is 1.59 bits per heavy atom. The van der Waals surface area contributed by atoms with Gasteiger partial charge in [0.25, 0.3) is 0 Å². The largest absolute Gasteiger partial charge is 0.457 e. The number of rotatable bonds is 5. The molecule has 0 saturated carbocycles. The van der Waals surface area contributed by atoms with Gasteiger partial charge in [-0.25, -0.2) is 0 Å². The Morgan fingerprint density at radius 3 is 2.28 bits per heavy atom. The van der Waals surface area contributed by atoms with Crippen molar-refractivity contribution in [3.8, 4) is 11.5 Å². The second kappa shape index (κ2) is 8.19. The Kier molecular flexibility index (Phi) is 5.29. The Morgan fingerprint density at radius 1 is 0.931 bits per heavy atom. The summed E-state index contributed by atoms with van der Waals surface area (Å²) in [6.07, 6.45) is 0.208. The van der Waals surface area contributed by atoms with Gasteiger partial charge in [0, 0.05) is 24.3 Å². The van der Waals surface area contributed by atoms with E-state index in [0.717, 1.165) is 22.7 Å². The Labute approximate surface area is 169 Å². The van der Waals surface area contributed by atoms with Gasteiger partial charge in [-0.05, 0) is 55.5 Å². The van der Waals surface area contributed by atoms with Crippen LogP contribution in [0.4, 0.5) is 11.4 Å². The summed E-state index contributed by atoms with van der Waals surface area (Å²) in [4.78, 5) is 26.7. The number of nitrogens with zero attached hydrogens (tertiary/aromatic N) is 1. The van der Waals surface area contributed by atoms with Crippen molar-refractivity contribution in [1.29, 1.82) is 0 Å². The average molecular weight is 386 g/mol. The predicted octanol–water partition coefficient (Wildman–Crippen LogP) is 4.78. The van der Waals surface area contributed by atoms with E-state index in [1.54, 1.807) is 4.90 Å². The van der Waals surface area contributed by atoms with E-state index in [4.69, 9.17) is 4.74 Å². The second-order valence-electron chi connectivity index (χ2n) is 7.17. The summed E-state index contributed by atoms with van der Waals surface area (Å²) < 4.78 is 5.79. The lowest BCUT2D eigenvalue weighted by atomic mass is 10.1. The number of para-hydroxylation sites is 1. The van der Waals surface area contributed by atoms with Crippen molar-refractivity contribution in [2.24, 2.45) is 5.92 Å². The van der Waals surface area contributed by atoms with Crippen LogP contribution >= 0.6 is 0 Å². The smallest absolute Gasteiger partial charge is 0.229 e. The van der Waals surface area contributed by atoms with Gasteiger partial charge in [0.1, 0.15) is 11.5 Å². The summed E-state index contributed by atoms with van der Waals surface area (Å²) >= 11 is 0. The molecule has 1 heterocycles. The maximum absolute atomic E-state index is 12.6. The first-order valence-corrected chi connectivity index (χ1v) is 9.59. The summed E-state index contributed by atoms with van der Waals surface area (Å²) in [5.41, 5.74) is 2.64. The Hall–Kier alpha value is -3.60. The maximum Gasteiger partial charge on any atom is 0.229 e. The first kappa shape index (κ1) is 18.7. The Bertz CT molecular complexity index is 999. The van der Waals surface area contributed by atoms with E-state index < -0.39 is 0 Å². The number of hydrogen-bond donors (Lipinski definition) is 1. The third-order valence-corrected chi connectivity index (χ3v) is 4.94. The molecule has 1 saturated heterocycles. The highest BCUT2D eigenvalue weighted by molar-refractivity contribution is 6.03. The molecule has 0 radical (unpaired) electrons. The van der Waals surface area contributed by atoms with Gasteiger partial charge in [-0.15, -0.1) is 0 Å². The lowest BCUT2D eigenvalue weighted by Crippen LogP contribution is -2.28. The van der Waals surface area contributed by atoms with E-state index in [2.05, 4.69) is 5.32 Å². The van der Waals surface area contributed by atoms with Crippen LogP contribution in [0.5, 0.6) is 11.5 Å². The highest BCUT2D eigenvalue weighted by Crippen LogP contribution is 2.29. The van der Waals surface area contributed by atoms with Gasteiger partial charge in [-0.2, -0.15) is 0 Å². The number of anilines is 2. The van der Waals surface area contributed by atoms with Gasteiger partial charge in [0.2, 0.25) is 11.8 Å². The van der Waals surface area contributed by atoms with Crippen molar-refractivity contribution >= 4 is 23.2 Å². The molecular formula is C24H22N2O3. The summed E-state index contributed by atoms with van der Waals surface area (Å²) in [6.45, 7) is 2.37. The van der Waals surface area contributed by atoms with Crippen LogP contribution in [0, 0.1) is 12.8 Å². The molecule has 2 amide bonds. The molecule has 0 aliphatic carbocycles. The molecule has 1 N–H and O–H groups in total. The van der Waals surface area contributed by atoms with E-state index in [9.17, 15) is 9.59 Å². The molecule has 4 rings (SSSR count).